The molecular weight excluding hydrogens is 498 g/mol. The van der Waals surface area contributed by atoms with Crippen molar-refractivity contribution >= 4 is 34.4 Å². The fourth-order valence-corrected chi connectivity index (χ4v) is 5.32. The molecule has 7 nitrogen and oxygen atoms in total. The maximum atomic E-state index is 13.6. The van der Waals surface area contributed by atoms with E-state index in [1.165, 1.54) is 11.8 Å². The highest BCUT2D eigenvalue weighted by Crippen LogP contribution is 2.22. The number of hydrogen-bond donors (Lipinski definition) is 1. The van der Waals surface area contributed by atoms with Gasteiger partial charge in [0, 0.05) is 24.3 Å². The van der Waals surface area contributed by atoms with Gasteiger partial charge in [-0.3, -0.25) is 19.0 Å². The minimum absolute atomic E-state index is 0.0387. The van der Waals surface area contributed by atoms with Crippen LogP contribution in [0.5, 0.6) is 0 Å². The van der Waals surface area contributed by atoms with E-state index >= 15 is 0 Å². The van der Waals surface area contributed by atoms with Crippen LogP contribution in [0.25, 0.3) is 10.9 Å². The number of carbonyl (C=O) groups is 2. The van der Waals surface area contributed by atoms with E-state index < -0.39 is 0 Å². The first kappa shape index (κ1) is 25.9. The average Bonchev–Trinajstić information content (AvgIpc) is 3.46. The Morgan fingerprint density at radius 2 is 1.82 bits per heavy atom. The Bertz CT molecular complexity index is 1510. The molecule has 2 heterocycles. The summed E-state index contributed by atoms with van der Waals surface area (Å²) in [6.45, 7) is 3.47. The maximum Gasteiger partial charge on any atom is 0.262 e. The Hall–Kier alpha value is -3.75. The molecule has 38 heavy (non-hydrogen) atoms. The lowest BCUT2D eigenvalue weighted by atomic mass is 10.1. The van der Waals surface area contributed by atoms with Gasteiger partial charge < -0.3 is 10.1 Å². The minimum atomic E-state index is -0.235. The molecule has 1 amide bonds. The van der Waals surface area contributed by atoms with Gasteiger partial charge in [-0.25, -0.2) is 4.98 Å². The molecule has 1 atom stereocenters. The Morgan fingerprint density at radius 1 is 1.05 bits per heavy atom. The quantitative estimate of drug-likeness (QED) is 0.194. The largest absolute Gasteiger partial charge is 0.376 e. The van der Waals surface area contributed by atoms with Crippen LogP contribution in [0.1, 0.15) is 44.7 Å². The van der Waals surface area contributed by atoms with Gasteiger partial charge in [0.25, 0.3) is 11.5 Å². The number of benzene rings is 3. The van der Waals surface area contributed by atoms with E-state index in [9.17, 15) is 14.4 Å². The third-order valence-electron chi connectivity index (χ3n) is 6.59. The second-order valence-electron chi connectivity index (χ2n) is 9.43. The van der Waals surface area contributed by atoms with Crippen LogP contribution in [-0.2, 0) is 11.3 Å². The second-order valence-corrected chi connectivity index (χ2v) is 10.4. The number of amides is 1. The summed E-state index contributed by atoms with van der Waals surface area (Å²) in [7, 11) is 0. The van der Waals surface area contributed by atoms with E-state index in [2.05, 4.69) is 5.32 Å². The third-order valence-corrected chi connectivity index (χ3v) is 7.56. The molecule has 4 aromatic rings. The van der Waals surface area contributed by atoms with Crippen LogP contribution in [0.15, 0.2) is 82.7 Å². The molecule has 1 saturated heterocycles. The number of ether oxygens (including phenoxy) is 1. The molecule has 0 spiro atoms. The van der Waals surface area contributed by atoms with Crippen molar-refractivity contribution in [3.8, 4) is 0 Å². The number of hydrogen-bond acceptors (Lipinski definition) is 6. The second kappa shape index (κ2) is 11.8. The summed E-state index contributed by atoms with van der Waals surface area (Å²) >= 11 is 1.23. The van der Waals surface area contributed by atoms with Gasteiger partial charge in [0.15, 0.2) is 10.9 Å². The van der Waals surface area contributed by atoms with Crippen molar-refractivity contribution in [2.24, 2.45) is 0 Å². The van der Waals surface area contributed by atoms with Gasteiger partial charge in [0.2, 0.25) is 0 Å². The van der Waals surface area contributed by atoms with Crippen LogP contribution in [-0.4, -0.2) is 46.2 Å². The molecule has 1 unspecified atom stereocenters. The molecule has 0 saturated carbocycles. The van der Waals surface area contributed by atoms with Gasteiger partial charge in [-0.1, -0.05) is 71.9 Å². The summed E-state index contributed by atoms with van der Waals surface area (Å²) in [6, 6.07) is 22.0. The van der Waals surface area contributed by atoms with Crippen LogP contribution in [0.2, 0.25) is 0 Å². The predicted molar refractivity (Wildman–Crippen MR) is 149 cm³/mol. The van der Waals surface area contributed by atoms with Crippen molar-refractivity contribution in [1.82, 2.24) is 14.9 Å². The first-order chi connectivity index (χ1) is 18.5. The van der Waals surface area contributed by atoms with Gasteiger partial charge in [-0.2, -0.15) is 0 Å². The molecule has 0 radical (unpaired) electrons. The number of carbonyl (C=O) groups excluding carboxylic acids is 2. The third kappa shape index (κ3) is 6.03. The normalized spacial score (nSPS) is 15.0. The zero-order chi connectivity index (χ0) is 26.5. The Kier molecular flexibility index (Phi) is 8.00. The summed E-state index contributed by atoms with van der Waals surface area (Å²) in [5.74, 6) is -0.142. The van der Waals surface area contributed by atoms with Crippen LogP contribution >= 0.6 is 11.8 Å². The van der Waals surface area contributed by atoms with Crippen LogP contribution in [0, 0.1) is 6.92 Å². The Morgan fingerprint density at radius 3 is 2.55 bits per heavy atom. The summed E-state index contributed by atoms with van der Waals surface area (Å²) in [6.07, 6.45) is 1.97. The van der Waals surface area contributed by atoms with Gasteiger partial charge in [-0.15, -0.1) is 0 Å². The molecule has 3 aromatic carbocycles. The summed E-state index contributed by atoms with van der Waals surface area (Å²) in [5.41, 5.74) is 3.29. The summed E-state index contributed by atoms with van der Waals surface area (Å²) < 4.78 is 7.18. The first-order valence-corrected chi connectivity index (χ1v) is 13.7. The van der Waals surface area contributed by atoms with Gasteiger partial charge in [0.1, 0.15) is 0 Å². The van der Waals surface area contributed by atoms with Crippen LogP contribution in [0.3, 0.4) is 0 Å². The van der Waals surface area contributed by atoms with Gasteiger partial charge in [-0.05, 0) is 43.5 Å². The number of aryl methyl sites for hydroxylation is 1. The summed E-state index contributed by atoms with van der Waals surface area (Å²) in [4.78, 5) is 44.0. The zero-order valence-corrected chi connectivity index (χ0v) is 22.0. The van der Waals surface area contributed by atoms with E-state index in [1.807, 2.05) is 61.5 Å². The number of rotatable bonds is 9. The van der Waals surface area contributed by atoms with E-state index in [0.717, 1.165) is 30.6 Å². The lowest BCUT2D eigenvalue weighted by molar-refractivity contribution is 0.0857. The molecule has 1 aromatic heterocycles. The van der Waals surface area contributed by atoms with Crippen LogP contribution < -0.4 is 10.9 Å². The van der Waals surface area contributed by atoms with E-state index in [1.54, 1.807) is 22.8 Å². The SMILES string of the molecule is Cc1ccc(C(=O)CSc2nc3cc(C(=O)NCC4CCCO4)ccc3c(=O)n2Cc2ccccc2)cc1. The molecule has 1 N–H and O–H groups in total. The predicted octanol–water partition coefficient (Wildman–Crippen LogP) is 4.64. The minimum Gasteiger partial charge on any atom is -0.376 e. The number of ketones is 1. The highest BCUT2D eigenvalue weighted by atomic mass is 32.2. The van der Waals surface area contributed by atoms with Crippen molar-refractivity contribution in [2.45, 2.75) is 37.6 Å². The van der Waals surface area contributed by atoms with Crippen molar-refractivity contribution in [1.29, 1.82) is 0 Å². The van der Waals surface area contributed by atoms with Crippen molar-refractivity contribution in [2.75, 3.05) is 18.9 Å². The number of nitrogens with one attached hydrogen (secondary N) is 1. The number of thioether (sulfide) groups is 1. The number of aromatic nitrogens is 2. The molecular formula is C30H29N3O4S. The lowest BCUT2D eigenvalue weighted by Gasteiger charge is -2.14. The highest BCUT2D eigenvalue weighted by molar-refractivity contribution is 7.99. The monoisotopic (exact) mass is 527 g/mol. The number of Topliss-reactive ketones (excluding diaryl/α,β-unsaturated/α-hetero) is 1. The van der Waals surface area contributed by atoms with Gasteiger partial charge >= 0.3 is 0 Å². The zero-order valence-electron chi connectivity index (χ0n) is 21.2. The van der Waals surface area contributed by atoms with Gasteiger partial charge in [0.05, 0.1) is 29.3 Å². The van der Waals surface area contributed by atoms with Crippen molar-refractivity contribution < 1.29 is 14.3 Å². The molecule has 5 rings (SSSR count). The number of nitrogens with zero attached hydrogens (tertiary/aromatic N) is 2. The lowest BCUT2D eigenvalue weighted by Crippen LogP contribution is -2.31. The Balaban J connectivity index is 1.44. The van der Waals surface area contributed by atoms with Crippen molar-refractivity contribution in [3.63, 3.8) is 0 Å². The van der Waals surface area contributed by atoms with Crippen molar-refractivity contribution in [3.05, 3.63) is 105 Å². The molecule has 8 heteroatoms. The average molecular weight is 528 g/mol. The van der Waals surface area contributed by atoms with E-state index in [0.29, 0.717) is 40.3 Å². The first-order valence-electron chi connectivity index (χ1n) is 12.7. The van der Waals surface area contributed by atoms with E-state index in [-0.39, 0.29) is 29.1 Å². The number of fused-ring (bicyclic) bond motifs is 1. The molecule has 0 bridgehead atoms. The summed E-state index contributed by atoms with van der Waals surface area (Å²) in [5, 5.41) is 3.77. The fourth-order valence-electron chi connectivity index (χ4n) is 4.42. The van der Waals surface area contributed by atoms with Crippen LogP contribution in [0.4, 0.5) is 0 Å². The smallest absolute Gasteiger partial charge is 0.262 e. The van der Waals surface area contributed by atoms with E-state index in [4.69, 9.17) is 9.72 Å². The Labute approximate surface area is 225 Å². The molecule has 0 aliphatic carbocycles. The highest BCUT2D eigenvalue weighted by Gasteiger charge is 2.19. The molecule has 1 fully saturated rings. The fraction of sp³-hybridized carbons (Fsp3) is 0.267. The molecule has 1 aliphatic rings. The molecule has 194 valence electrons. The standard InChI is InChI=1S/C30H29N3O4S/c1-20-9-11-22(12-10-20)27(34)19-38-30-32-26-16-23(28(35)31-17-24-8-5-15-37-24)13-14-25(26)29(36)33(30)18-21-6-3-2-4-7-21/h2-4,6-7,9-14,16,24H,5,8,15,17-19H2,1H3,(H,31,35). The molecule has 1 aliphatic heterocycles. The maximum absolute atomic E-state index is 13.6. The topological polar surface area (TPSA) is 90.3 Å².